The molecule has 8 nitrogen and oxygen atoms in total. The van der Waals surface area contributed by atoms with Crippen molar-refractivity contribution in [2.24, 2.45) is 5.73 Å². The number of aromatic nitrogens is 3. The first-order chi connectivity index (χ1) is 11.1. The van der Waals surface area contributed by atoms with Crippen molar-refractivity contribution >= 4 is 28.6 Å². The Balaban J connectivity index is 2.20. The lowest BCUT2D eigenvalue weighted by Crippen LogP contribution is -2.19. The molecule has 0 radical (unpaired) electrons. The predicted octanol–water partition coefficient (Wildman–Crippen LogP) is 1.27. The first-order valence-electron chi connectivity index (χ1n) is 6.84. The van der Waals surface area contributed by atoms with E-state index < -0.39 is 17.9 Å². The van der Waals surface area contributed by atoms with Gasteiger partial charge in [0.25, 0.3) is 5.91 Å². The molecule has 2 aromatic heterocycles. The molecule has 0 bridgehead atoms. The molecule has 0 saturated carbocycles. The lowest BCUT2D eigenvalue weighted by atomic mass is 9.98. The fourth-order valence-electron chi connectivity index (χ4n) is 2.95. The molecule has 4 rings (SSSR count). The zero-order chi connectivity index (χ0) is 16.1. The number of carbonyl (C=O) groups is 2. The molecule has 0 spiro atoms. The van der Waals surface area contributed by atoms with Gasteiger partial charge in [-0.3, -0.25) is 4.79 Å². The van der Waals surface area contributed by atoms with Crippen LogP contribution in [0.15, 0.2) is 30.5 Å². The lowest BCUT2D eigenvalue weighted by molar-refractivity contribution is -0.138. The minimum absolute atomic E-state index is 0.0126. The van der Waals surface area contributed by atoms with Crippen LogP contribution < -0.4 is 11.1 Å². The predicted molar refractivity (Wildman–Crippen MR) is 81.8 cm³/mol. The van der Waals surface area contributed by atoms with Crippen molar-refractivity contribution in [1.82, 2.24) is 15.2 Å². The smallest absolute Gasteiger partial charge is 0.330 e. The monoisotopic (exact) mass is 309 g/mol. The van der Waals surface area contributed by atoms with Gasteiger partial charge in [-0.15, -0.1) is 10.2 Å². The zero-order valence-corrected chi connectivity index (χ0v) is 11.7. The summed E-state index contributed by atoms with van der Waals surface area (Å²) < 4.78 is 0. The Labute approximate surface area is 129 Å². The molecule has 1 amide bonds. The number of hydrogen-bond acceptors (Lipinski definition) is 5. The van der Waals surface area contributed by atoms with Gasteiger partial charge in [0, 0.05) is 34.0 Å². The van der Waals surface area contributed by atoms with Crippen molar-refractivity contribution < 1.29 is 14.7 Å². The standard InChI is InChI=1S/C15H11N5O3/c16-13(21)12-9-6-3-1-2-4-8(6)18-11(15(22)23)7-5-17-14(10(7)9)20-19-12/h1-5,11,18H,(H2,16,21)(H,17,20)(H,22,23). The van der Waals surface area contributed by atoms with Gasteiger partial charge in [-0.05, 0) is 6.07 Å². The maximum atomic E-state index is 11.8. The van der Waals surface area contributed by atoms with Gasteiger partial charge >= 0.3 is 5.97 Å². The van der Waals surface area contributed by atoms with E-state index in [0.717, 1.165) is 0 Å². The fourth-order valence-corrected chi connectivity index (χ4v) is 2.95. The number of aromatic amines is 1. The van der Waals surface area contributed by atoms with Crippen LogP contribution in [0.4, 0.5) is 5.69 Å². The van der Waals surface area contributed by atoms with Crippen LogP contribution in [0.3, 0.4) is 0 Å². The first-order valence-corrected chi connectivity index (χ1v) is 6.84. The Hall–Kier alpha value is -3.42. The minimum atomic E-state index is -1.04. The number of H-pyrrole nitrogens is 1. The van der Waals surface area contributed by atoms with Gasteiger partial charge < -0.3 is 21.1 Å². The molecule has 1 aliphatic heterocycles. The highest BCUT2D eigenvalue weighted by atomic mass is 16.4. The van der Waals surface area contributed by atoms with E-state index >= 15 is 0 Å². The average molecular weight is 309 g/mol. The van der Waals surface area contributed by atoms with Gasteiger partial charge in [0.15, 0.2) is 17.4 Å². The molecule has 1 aromatic carbocycles. The average Bonchev–Trinajstić information content (AvgIpc) is 2.88. The van der Waals surface area contributed by atoms with Gasteiger partial charge in [-0.2, -0.15) is 0 Å². The van der Waals surface area contributed by atoms with Crippen LogP contribution in [-0.4, -0.2) is 32.2 Å². The van der Waals surface area contributed by atoms with Gasteiger partial charge in [-0.25, -0.2) is 4.79 Å². The molecule has 1 unspecified atom stereocenters. The number of aliphatic carboxylic acids is 1. The SMILES string of the molecule is NC(=O)c1nnc2[nH]cc3c2c1-c1ccccc1NC3C(=O)O. The highest BCUT2D eigenvalue weighted by Gasteiger charge is 2.32. The second-order valence-electron chi connectivity index (χ2n) is 5.22. The highest BCUT2D eigenvalue weighted by Crippen LogP contribution is 2.42. The summed E-state index contributed by atoms with van der Waals surface area (Å²) in [6, 6.07) is 6.13. The molecular weight excluding hydrogens is 298 g/mol. The van der Waals surface area contributed by atoms with Gasteiger partial charge in [-0.1, -0.05) is 18.2 Å². The molecule has 0 saturated heterocycles. The molecule has 5 N–H and O–H groups in total. The normalized spacial score (nSPS) is 15.6. The van der Waals surface area contributed by atoms with Gasteiger partial charge in [0.05, 0.1) is 0 Å². The van der Waals surface area contributed by atoms with Crippen molar-refractivity contribution in [3.05, 3.63) is 41.7 Å². The van der Waals surface area contributed by atoms with Crippen molar-refractivity contribution in [3.63, 3.8) is 0 Å². The number of carbonyl (C=O) groups excluding carboxylic acids is 1. The molecule has 3 heterocycles. The third kappa shape index (κ3) is 1.78. The first kappa shape index (κ1) is 13.3. The van der Waals surface area contributed by atoms with Crippen molar-refractivity contribution in [3.8, 4) is 11.1 Å². The van der Waals surface area contributed by atoms with Gasteiger partial charge in [0.2, 0.25) is 0 Å². The number of nitrogens with zero attached hydrogens (tertiary/aromatic N) is 2. The number of fused-ring (bicyclic) bond motifs is 2. The summed E-state index contributed by atoms with van der Waals surface area (Å²) >= 11 is 0. The Kier molecular flexibility index (Phi) is 2.61. The second kappa shape index (κ2) is 4.54. The van der Waals surface area contributed by atoms with Crippen molar-refractivity contribution in [2.75, 3.05) is 5.32 Å². The number of amides is 1. The zero-order valence-electron chi connectivity index (χ0n) is 11.7. The van der Waals surface area contributed by atoms with E-state index in [4.69, 9.17) is 5.73 Å². The molecule has 8 heteroatoms. The highest BCUT2D eigenvalue weighted by molar-refractivity contribution is 6.11. The third-order valence-electron chi connectivity index (χ3n) is 3.91. The van der Waals surface area contributed by atoms with Crippen LogP contribution in [0, 0.1) is 0 Å². The van der Waals surface area contributed by atoms with Crippen LogP contribution >= 0.6 is 0 Å². The maximum Gasteiger partial charge on any atom is 0.330 e. The number of hydrogen-bond donors (Lipinski definition) is 4. The Morgan fingerprint density at radius 3 is 2.74 bits per heavy atom. The summed E-state index contributed by atoms with van der Waals surface area (Å²) in [6.07, 6.45) is 1.56. The Bertz CT molecular complexity index is 978. The molecular formula is C15H11N5O3. The van der Waals surface area contributed by atoms with E-state index in [1.165, 1.54) is 0 Å². The molecule has 1 atom stereocenters. The second-order valence-corrected chi connectivity index (χ2v) is 5.22. The third-order valence-corrected chi connectivity index (χ3v) is 3.91. The van der Waals surface area contributed by atoms with Crippen LogP contribution in [0.25, 0.3) is 22.2 Å². The Morgan fingerprint density at radius 1 is 1.22 bits per heavy atom. The van der Waals surface area contributed by atoms with E-state index in [1.54, 1.807) is 30.5 Å². The number of nitrogens with two attached hydrogens (primary N) is 1. The molecule has 0 aliphatic carbocycles. The number of para-hydroxylation sites is 1. The van der Waals surface area contributed by atoms with Crippen molar-refractivity contribution in [2.45, 2.75) is 6.04 Å². The summed E-state index contributed by atoms with van der Waals surface area (Å²) in [7, 11) is 0. The van der Waals surface area contributed by atoms with Crippen LogP contribution in [0.5, 0.6) is 0 Å². The summed E-state index contributed by atoms with van der Waals surface area (Å²) in [6.45, 7) is 0. The van der Waals surface area contributed by atoms with E-state index in [0.29, 0.717) is 33.4 Å². The van der Waals surface area contributed by atoms with Gasteiger partial charge in [0.1, 0.15) is 0 Å². The summed E-state index contributed by atoms with van der Waals surface area (Å²) in [4.78, 5) is 26.4. The van der Waals surface area contributed by atoms with E-state index in [1.807, 2.05) is 0 Å². The van der Waals surface area contributed by atoms with Crippen molar-refractivity contribution in [1.29, 1.82) is 0 Å². The van der Waals surface area contributed by atoms with E-state index in [2.05, 4.69) is 20.5 Å². The number of carboxylic acid groups (broad SMARTS) is 1. The number of anilines is 1. The fraction of sp³-hybridized carbons (Fsp3) is 0.0667. The van der Waals surface area contributed by atoms with Crippen LogP contribution in [-0.2, 0) is 4.79 Å². The summed E-state index contributed by atoms with van der Waals surface area (Å²) in [5.74, 6) is -1.75. The number of benzene rings is 1. The number of primary amides is 1. The molecule has 0 fully saturated rings. The maximum absolute atomic E-state index is 11.8. The largest absolute Gasteiger partial charge is 0.479 e. The van der Waals surface area contributed by atoms with E-state index in [9.17, 15) is 14.7 Å². The quantitative estimate of drug-likeness (QED) is 0.563. The topological polar surface area (TPSA) is 134 Å². The molecule has 114 valence electrons. The molecule has 1 aliphatic rings. The van der Waals surface area contributed by atoms with E-state index in [-0.39, 0.29) is 5.69 Å². The number of nitrogens with one attached hydrogen (secondary N) is 2. The summed E-state index contributed by atoms with van der Waals surface area (Å²) in [5.41, 5.74) is 8.08. The van der Waals surface area contributed by atoms with Crippen LogP contribution in [0.1, 0.15) is 22.1 Å². The van der Waals surface area contributed by atoms with Crippen LogP contribution in [0.2, 0.25) is 0 Å². The minimum Gasteiger partial charge on any atom is -0.479 e. The summed E-state index contributed by atoms with van der Waals surface area (Å²) in [5, 5.41) is 20.9. The molecule has 23 heavy (non-hydrogen) atoms. The number of carboxylic acids is 1. The lowest BCUT2D eigenvalue weighted by Gasteiger charge is -2.14. The number of rotatable bonds is 2. The molecule has 3 aromatic rings. The Morgan fingerprint density at radius 2 is 2.00 bits per heavy atom.